The molecule has 0 spiro atoms. The average molecular weight is 398 g/mol. The van der Waals surface area contributed by atoms with Gasteiger partial charge < -0.3 is 10.0 Å². The molecule has 0 radical (unpaired) electrons. The van der Waals surface area contributed by atoms with Crippen LogP contribution in [-0.4, -0.2) is 40.0 Å². The van der Waals surface area contributed by atoms with Crippen molar-refractivity contribution in [2.45, 2.75) is 36.4 Å². The molecular formula is C17H16ClNO4S2. The van der Waals surface area contributed by atoms with E-state index >= 15 is 0 Å². The van der Waals surface area contributed by atoms with Gasteiger partial charge in [-0.1, -0.05) is 11.6 Å². The first-order chi connectivity index (χ1) is 11.8. The van der Waals surface area contributed by atoms with E-state index in [0.29, 0.717) is 28.8 Å². The second-order valence-corrected chi connectivity index (χ2v) is 8.27. The molecule has 1 unspecified atom stereocenters. The Bertz CT molecular complexity index is 839. The van der Waals surface area contributed by atoms with Gasteiger partial charge in [0.05, 0.1) is 27.3 Å². The molecule has 3 rings (SSSR count). The summed E-state index contributed by atoms with van der Waals surface area (Å²) in [6.45, 7) is 1.72. The van der Waals surface area contributed by atoms with Gasteiger partial charge in [-0.3, -0.25) is 14.4 Å². The molecule has 1 aromatic heterocycles. The Hall–Kier alpha value is -1.57. The Morgan fingerprint density at radius 3 is 2.80 bits per heavy atom. The maximum atomic E-state index is 13.1. The van der Waals surface area contributed by atoms with Gasteiger partial charge in [0.2, 0.25) is 0 Å². The molecule has 132 valence electrons. The van der Waals surface area contributed by atoms with Crippen molar-refractivity contribution in [2.75, 3.05) is 6.26 Å². The molecule has 2 heterocycles. The predicted octanol–water partition coefficient (Wildman–Crippen LogP) is 3.90. The van der Waals surface area contributed by atoms with Gasteiger partial charge in [-0.2, -0.15) is 0 Å². The third-order valence-corrected chi connectivity index (χ3v) is 6.91. The third kappa shape index (κ3) is 3.16. The zero-order valence-corrected chi connectivity index (χ0v) is 16.1. The largest absolute Gasteiger partial charge is 0.481 e. The monoisotopic (exact) mass is 397 g/mol. The van der Waals surface area contributed by atoms with Gasteiger partial charge in [-0.25, -0.2) is 0 Å². The highest BCUT2D eigenvalue weighted by atomic mass is 35.5. The Labute approximate surface area is 158 Å². The minimum atomic E-state index is -1.02. The second-order valence-electron chi connectivity index (χ2n) is 5.87. The van der Waals surface area contributed by atoms with E-state index in [1.807, 2.05) is 12.3 Å². The fourth-order valence-corrected chi connectivity index (χ4v) is 5.04. The molecule has 1 atom stereocenters. The van der Waals surface area contributed by atoms with Gasteiger partial charge >= 0.3 is 5.97 Å². The normalized spacial score (nSPS) is 20.4. The quantitative estimate of drug-likeness (QED) is 0.780. The van der Waals surface area contributed by atoms with Crippen molar-refractivity contribution in [1.82, 2.24) is 4.90 Å². The molecule has 0 saturated heterocycles. The van der Waals surface area contributed by atoms with Crippen LogP contribution in [0.5, 0.6) is 0 Å². The van der Waals surface area contributed by atoms with Gasteiger partial charge in [0.25, 0.3) is 5.91 Å². The van der Waals surface area contributed by atoms with Crippen molar-refractivity contribution < 1.29 is 19.5 Å². The summed E-state index contributed by atoms with van der Waals surface area (Å²) in [5.74, 6) is -1.40. The van der Waals surface area contributed by atoms with Crippen molar-refractivity contribution in [1.29, 1.82) is 0 Å². The van der Waals surface area contributed by atoms with E-state index < -0.39 is 5.97 Å². The highest BCUT2D eigenvalue weighted by Crippen LogP contribution is 2.44. The summed E-state index contributed by atoms with van der Waals surface area (Å²) in [6, 6.07) is 1.46. The molecule has 1 aromatic rings. The second kappa shape index (κ2) is 6.97. The van der Waals surface area contributed by atoms with Crippen LogP contribution in [0.1, 0.15) is 36.5 Å². The van der Waals surface area contributed by atoms with Crippen molar-refractivity contribution in [2.24, 2.45) is 0 Å². The number of allylic oxidation sites excluding steroid dienone is 2. The lowest BCUT2D eigenvalue weighted by atomic mass is 9.89. The van der Waals surface area contributed by atoms with Crippen LogP contribution in [-0.2, 0) is 9.59 Å². The summed E-state index contributed by atoms with van der Waals surface area (Å²) in [4.78, 5) is 37.9. The zero-order chi connectivity index (χ0) is 18.3. The topological polar surface area (TPSA) is 74.7 Å². The van der Waals surface area contributed by atoms with E-state index in [9.17, 15) is 19.5 Å². The standard InChI is InChI=1S/C17H16ClNO4S2/c1-8-10(6-13(21)22)15-11(3-4-12(20)16(15)18)19(8)17(23)9-5-14(24-2)25-7-9/h5,7,11H,3-4,6H2,1-2H3,(H,21,22). The van der Waals surface area contributed by atoms with Crippen LogP contribution in [0.3, 0.4) is 0 Å². The molecule has 1 N–H and O–H groups in total. The minimum absolute atomic E-state index is 0.0669. The zero-order valence-electron chi connectivity index (χ0n) is 13.7. The lowest BCUT2D eigenvalue weighted by Gasteiger charge is -2.29. The summed E-state index contributed by atoms with van der Waals surface area (Å²) in [5.41, 5.74) is 2.12. The number of fused-ring (bicyclic) bond motifs is 1. The first kappa shape index (κ1) is 18.2. The van der Waals surface area contributed by atoms with Crippen LogP contribution < -0.4 is 0 Å². The number of carboxylic acids is 1. The van der Waals surface area contributed by atoms with Crippen LogP contribution >= 0.6 is 34.7 Å². The smallest absolute Gasteiger partial charge is 0.307 e. The number of halogens is 1. The number of thiophene rings is 1. The number of Topliss-reactive ketones (excluding diaryl/α,β-unsaturated/α-hetero) is 1. The summed E-state index contributed by atoms with van der Waals surface area (Å²) < 4.78 is 1.03. The number of amides is 1. The summed E-state index contributed by atoms with van der Waals surface area (Å²) in [5, 5.41) is 11.1. The maximum absolute atomic E-state index is 13.1. The van der Waals surface area contributed by atoms with E-state index in [-0.39, 0.29) is 35.6 Å². The number of nitrogens with zero attached hydrogens (tertiary/aromatic N) is 1. The summed E-state index contributed by atoms with van der Waals surface area (Å²) in [7, 11) is 0. The molecule has 0 fully saturated rings. The predicted molar refractivity (Wildman–Crippen MR) is 98.1 cm³/mol. The number of thioether (sulfide) groups is 1. The molecule has 1 aliphatic heterocycles. The Balaban J connectivity index is 2.07. The molecule has 0 bridgehead atoms. The Kier molecular flexibility index (Phi) is 5.09. The van der Waals surface area contributed by atoms with Crippen LogP contribution in [0.15, 0.2) is 37.5 Å². The van der Waals surface area contributed by atoms with Gasteiger partial charge in [-0.15, -0.1) is 23.1 Å². The highest BCUT2D eigenvalue weighted by Gasteiger charge is 2.43. The number of carbonyl (C=O) groups excluding carboxylic acids is 2. The molecule has 0 saturated carbocycles. The van der Waals surface area contributed by atoms with Crippen molar-refractivity contribution in [3.05, 3.63) is 38.9 Å². The fourth-order valence-electron chi connectivity index (χ4n) is 3.33. The fraction of sp³-hybridized carbons (Fsp3) is 0.353. The SMILES string of the molecule is CSc1cc(C(=O)N2C(C)=C(CC(=O)O)C3=C(Cl)C(=O)CCC32)cs1. The van der Waals surface area contributed by atoms with Crippen molar-refractivity contribution in [3.8, 4) is 0 Å². The maximum Gasteiger partial charge on any atom is 0.307 e. The van der Waals surface area contributed by atoms with Gasteiger partial charge in [0.1, 0.15) is 0 Å². The number of rotatable bonds is 4. The number of aliphatic carboxylic acids is 1. The lowest BCUT2D eigenvalue weighted by molar-refractivity contribution is -0.136. The van der Waals surface area contributed by atoms with E-state index in [1.165, 1.54) is 11.3 Å². The number of carbonyl (C=O) groups is 3. The first-order valence-electron chi connectivity index (χ1n) is 7.66. The van der Waals surface area contributed by atoms with Crippen molar-refractivity contribution >= 4 is 52.4 Å². The summed E-state index contributed by atoms with van der Waals surface area (Å²) >= 11 is 9.28. The molecule has 5 nitrogen and oxygen atoms in total. The number of hydrogen-bond donors (Lipinski definition) is 1. The van der Waals surface area contributed by atoms with Gasteiger partial charge in [0.15, 0.2) is 5.78 Å². The molecule has 2 aliphatic rings. The molecule has 0 aromatic carbocycles. The lowest BCUT2D eigenvalue weighted by Crippen LogP contribution is -2.38. The van der Waals surface area contributed by atoms with E-state index in [2.05, 4.69) is 0 Å². The third-order valence-electron chi connectivity index (χ3n) is 4.46. The molecule has 1 aliphatic carbocycles. The van der Waals surface area contributed by atoms with Gasteiger partial charge in [-0.05, 0) is 31.2 Å². The number of ketones is 1. The van der Waals surface area contributed by atoms with E-state index in [0.717, 1.165) is 4.21 Å². The Morgan fingerprint density at radius 1 is 1.48 bits per heavy atom. The molecule has 8 heteroatoms. The van der Waals surface area contributed by atoms with Crippen molar-refractivity contribution in [3.63, 3.8) is 0 Å². The van der Waals surface area contributed by atoms with E-state index in [1.54, 1.807) is 29.0 Å². The number of hydrogen-bond acceptors (Lipinski definition) is 5. The summed E-state index contributed by atoms with van der Waals surface area (Å²) in [6.07, 6.45) is 2.39. The minimum Gasteiger partial charge on any atom is -0.481 e. The van der Waals surface area contributed by atoms with Crippen LogP contribution in [0.25, 0.3) is 0 Å². The highest BCUT2D eigenvalue weighted by molar-refractivity contribution is 8.00. The molecule has 1 amide bonds. The Morgan fingerprint density at radius 2 is 2.20 bits per heavy atom. The van der Waals surface area contributed by atoms with Crippen LogP contribution in [0, 0.1) is 0 Å². The van der Waals surface area contributed by atoms with Crippen LogP contribution in [0.2, 0.25) is 0 Å². The number of carboxylic acid groups (broad SMARTS) is 1. The molecule has 25 heavy (non-hydrogen) atoms. The van der Waals surface area contributed by atoms with Crippen LogP contribution in [0.4, 0.5) is 0 Å². The average Bonchev–Trinajstić information content (AvgIpc) is 3.14. The van der Waals surface area contributed by atoms with E-state index in [4.69, 9.17) is 11.6 Å². The first-order valence-corrected chi connectivity index (χ1v) is 10.1. The molecular weight excluding hydrogens is 382 g/mol. The van der Waals surface area contributed by atoms with Gasteiger partial charge in [0, 0.05) is 23.1 Å².